The standard InChI is InChI=1S/C30H28N4O5/c1-21-26(32-29(39-21)24-10-6-3-7-11-24)20-37-27-14-12-23(16-31-27)19-38-30-25(13-15-28(35)36)18-34(33-30)17-22-8-4-2-5-9-22/h2-12,14,16,18H,13,15,17,19-20H2,1H3,(H,35,36). The number of aromatic nitrogens is 4. The lowest BCUT2D eigenvalue weighted by Crippen LogP contribution is -2.03. The van der Waals surface area contributed by atoms with Crippen LogP contribution in [0.15, 0.2) is 89.6 Å². The zero-order valence-electron chi connectivity index (χ0n) is 21.5. The number of aliphatic carboxylic acids is 1. The molecule has 0 aliphatic rings. The maximum Gasteiger partial charge on any atom is 0.303 e. The molecule has 0 spiro atoms. The number of carbonyl (C=O) groups is 1. The van der Waals surface area contributed by atoms with Gasteiger partial charge in [-0.2, -0.15) is 0 Å². The van der Waals surface area contributed by atoms with E-state index in [2.05, 4.69) is 15.1 Å². The smallest absolute Gasteiger partial charge is 0.303 e. The van der Waals surface area contributed by atoms with Crippen molar-refractivity contribution in [3.63, 3.8) is 0 Å². The lowest BCUT2D eigenvalue weighted by Gasteiger charge is -2.07. The third-order valence-electron chi connectivity index (χ3n) is 6.04. The van der Waals surface area contributed by atoms with Gasteiger partial charge in [-0.05, 0) is 37.1 Å². The van der Waals surface area contributed by atoms with Crippen LogP contribution in [0.2, 0.25) is 0 Å². The molecule has 5 aromatic rings. The summed E-state index contributed by atoms with van der Waals surface area (Å²) >= 11 is 0. The molecule has 0 amide bonds. The van der Waals surface area contributed by atoms with Gasteiger partial charge in [0.05, 0.1) is 6.54 Å². The first kappa shape index (κ1) is 25.7. The Hall–Kier alpha value is -4.92. The second-order valence-electron chi connectivity index (χ2n) is 9.01. The van der Waals surface area contributed by atoms with Gasteiger partial charge in [-0.1, -0.05) is 48.5 Å². The van der Waals surface area contributed by atoms with Gasteiger partial charge in [0.2, 0.25) is 17.7 Å². The Balaban J connectivity index is 1.19. The van der Waals surface area contributed by atoms with Crippen LogP contribution in [0.3, 0.4) is 0 Å². The summed E-state index contributed by atoms with van der Waals surface area (Å²) in [7, 11) is 0. The quantitative estimate of drug-likeness (QED) is 0.229. The van der Waals surface area contributed by atoms with Crippen LogP contribution >= 0.6 is 0 Å². The van der Waals surface area contributed by atoms with Crippen molar-refractivity contribution in [3.05, 3.63) is 113 Å². The minimum Gasteiger partial charge on any atom is -0.481 e. The number of carboxylic acid groups (broad SMARTS) is 1. The van der Waals surface area contributed by atoms with Gasteiger partial charge in [-0.25, -0.2) is 9.97 Å². The lowest BCUT2D eigenvalue weighted by atomic mass is 10.2. The molecule has 39 heavy (non-hydrogen) atoms. The molecule has 3 aromatic heterocycles. The van der Waals surface area contributed by atoms with Crippen LogP contribution in [0.5, 0.6) is 11.8 Å². The van der Waals surface area contributed by atoms with E-state index >= 15 is 0 Å². The number of hydrogen-bond donors (Lipinski definition) is 1. The SMILES string of the molecule is Cc1oc(-c2ccccc2)nc1COc1ccc(COc2nn(Cc3ccccc3)cc2CCC(=O)O)cn1. The predicted molar refractivity (Wildman–Crippen MR) is 143 cm³/mol. The molecule has 9 nitrogen and oxygen atoms in total. The van der Waals surface area contributed by atoms with Gasteiger partial charge in [0.25, 0.3) is 0 Å². The summed E-state index contributed by atoms with van der Waals surface area (Å²) in [6, 6.07) is 23.3. The van der Waals surface area contributed by atoms with E-state index in [0.717, 1.165) is 22.3 Å². The van der Waals surface area contributed by atoms with Crippen molar-refractivity contribution in [1.29, 1.82) is 0 Å². The summed E-state index contributed by atoms with van der Waals surface area (Å²) in [5.41, 5.74) is 4.29. The predicted octanol–water partition coefficient (Wildman–Crippen LogP) is 5.47. The molecule has 0 saturated heterocycles. The number of nitrogens with zero attached hydrogens (tertiary/aromatic N) is 4. The third-order valence-corrected chi connectivity index (χ3v) is 6.04. The molecule has 2 aromatic carbocycles. The highest BCUT2D eigenvalue weighted by Gasteiger charge is 2.14. The molecule has 0 radical (unpaired) electrons. The number of oxazole rings is 1. The normalized spacial score (nSPS) is 10.9. The molecule has 3 heterocycles. The molecule has 0 atom stereocenters. The Bertz CT molecular complexity index is 1510. The monoisotopic (exact) mass is 524 g/mol. The molecule has 198 valence electrons. The summed E-state index contributed by atoms with van der Waals surface area (Å²) in [5, 5.41) is 13.7. The molecule has 5 rings (SSSR count). The van der Waals surface area contributed by atoms with Crippen LogP contribution in [-0.2, 0) is 31.0 Å². The highest BCUT2D eigenvalue weighted by atomic mass is 16.5. The first-order chi connectivity index (χ1) is 19.0. The van der Waals surface area contributed by atoms with Gasteiger partial charge in [-0.15, -0.1) is 5.10 Å². The molecule has 0 aliphatic carbocycles. The van der Waals surface area contributed by atoms with Crippen molar-refractivity contribution in [1.82, 2.24) is 19.7 Å². The van der Waals surface area contributed by atoms with E-state index in [9.17, 15) is 4.79 Å². The second kappa shape index (κ2) is 12.1. The Morgan fingerprint density at radius 2 is 1.72 bits per heavy atom. The first-order valence-electron chi connectivity index (χ1n) is 12.6. The molecule has 0 fully saturated rings. The minimum atomic E-state index is -0.867. The molecule has 1 N–H and O–H groups in total. The Morgan fingerprint density at radius 1 is 0.949 bits per heavy atom. The van der Waals surface area contributed by atoms with Crippen LogP contribution in [0.4, 0.5) is 0 Å². The Kier molecular flexibility index (Phi) is 7.97. The molecule has 0 aliphatic heterocycles. The van der Waals surface area contributed by atoms with Gasteiger partial charge < -0.3 is 19.0 Å². The maximum atomic E-state index is 11.1. The largest absolute Gasteiger partial charge is 0.481 e. The number of aryl methyl sites for hydroxylation is 2. The van der Waals surface area contributed by atoms with E-state index < -0.39 is 5.97 Å². The van der Waals surface area contributed by atoms with Gasteiger partial charge in [-0.3, -0.25) is 9.48 Å². The van der Waals surface area contributed by atoms with Crippen molar-refractivity contribution in [2.24, 2.45) is 0 Å². The summed E-state index contributed by atoms with van der Waals surface area (Å²) < 4.78 is 19.4. The molecule has 9 heteroatoms. The number of carboxylic acids is 1. The number of hydrogen-bond acceptors (Lipinski definition) is 7. The van der Waals surface area contributed by atoms with Gasteiger partial charge >= 0.3 is 5.97 Å². The Morgan fingerprint density at radius 3 is 2.44 bits per heavy atom. The van der Waals surface area contributed by atoms with E-state index in [0.29, 0.717) is 42.1 Å². The lowest BCUT2D eigenvalue weighted by molar-refractivity contribution is -0.136. The van der Waals surface area contributed by atoms with E-state index in [-0.39, 0.29) is 19.6 Å². The third kappa shape index (κ3) is 6.89. The molecular weight excluding hydrogens is 496 g/mol. The summed E-state index contributed by atoms with van der Waals surface area (Å²) in [6.45, 7) is 2.89. The van der Waals surface area contributed by atoms with Gasteiger partial charge in [0.1, 0.15) is 24.7 Å². The molecule has 0 unspecified atom stereocenters. The van der Waals surface area contributed by atoms with Crippen molar-refractivity contribution >= 4 is 5.97 Å². The zero-order chi connectivity index (χ0) is 27.0. The fourth-order valence-electron chi connectivity index (χ4n) is 3.97. The maximum absolute atomic E-state index is 11.1. The minimum absolute atomic E-state index is 0.00117. The molecular formula is C30H28N4O5. The molecule has 0 saturated carbocycles. The van der Waals surface area contributed by atoms with Crippen LogP contribution < -0.4 is 9.47 Å². The topological polar surface area (TPSA) is 113 Å². The molecule has 0 bridgehead atoms. The highest BCUT2D eigenvalue weighted by Crippen LogP contribution is 2.23. The summed E-state index contributed by atoms with van der Waals surface area (Å²) in [4.78, 5) is 20.1. The van der Waals surface area contributed by atoms with Crippen molar-refractivity contribution in [2.75, 3.05) is 0 Å². The fraction of sp³-hybridized carbons (Fsp3) is 0.200. The number of pyridine rings is 1. The van der Waals surface area contributed by atoms with Crippen molar-refractivity contribution < 1.29 is 23.8 Å². The second-order valence-corrected chi connectivity index (χ2v) is 9.01. The number of ether oxygens (including phenoxy) is 2. The van der Waals surface area contributed by atoms with Crippen LogP contribution in [-0.4, -0.2) is 30.8 Å². The van der Waals surface area contributed by atoms with E-state index in [1.807, 2.05) is 79.9 Å². The zero-order valence-corrected chi connectivity index (χ0v) is 21.5. The number of rotatable bonds is 12. The van der Waals surface area contributed by atoms with Crippen LogP contribution in [0, 0.1) is 6.92 Å². The van der Waals surface area contributed by atoms with Crippen LogP contribution in [0.1, 0.15) is 34.6 Å². The van der Waals surface area contributed by atoms with Gasteiger partial charge in [0.15, 0.2) is 0 Å². The highest BCUT2D eigenvalue weighted by molar-refractivity contribution is 5.67. The van der Waals surface area contributed by atoms with Crippen molar-refractivity contribution in [3.8, 4) is 23.2 Å². The fourth-order valence-corrected chi connectivity index (χ4v) is 3.97. The number of benzene rings is 2. The summed E-state index contributed by atoms with van der Waals surface area (Å²) in [6.07, 6.45) is 3.85. The van der Waals surface area contributed by atoms with E-state index in [4.69, 9.17) is 19.0 Å². The average molecular weight is 525 g/mol. The van der Waals surface area contributed by atoms with Crippen LogP contribution in [0.25, 0.3) is 11.5 Å². The summed E-state index contributed by atoms with van der Waals surface area (Å²) in [5.74, 6) is 1.26. The van der Waals surface area contributed by atoms with E-state index in [1.54, 1.807) is 16.9 Å². The Labute approximate surface area is 225 Å². The average Bonchev–Trinajstić information content (AvgIpc) is 3.53. The van der Waals surface area contributed by atoms with Crippen molar-refractivity contribution in [2.45, 2.75) is 39.5 Å². The van der Waals surface area contributed by atoms with E-state index in [1.165, 1.54) is 0 Å². The first-order valence-corrected chi connectivity index (χ1v) is 12.6. The van der Waals surface area contributed by atoms with Gasteiger partial charge in [0, 0.05) is 41.6 Å².